The quantitative estimate of drug-likeness (QED) is 0.746. The Bertz CT molecular complexity index is 886. The minimum absolute atomic E-state index is 0.00481. The van der Waals surface area contributed by atoms with Crippen LogP contribution in [0, 0.1) is 0 Å². The summed E-state index contributed by atoms with van der Waals surface area (Å²) < 4.78 is 1.89. The van der Waals surface area contributed by atoms with Gasteiger partial charge in [-0.05, 0) is 29.3 Å². The number of carbonyl (C=O) groups excluding carboxylic acids is 1. The summed E-state index contributed by atoms with van der Waals surface area (Å²) in [6, 6.07) is 20.6. The van der Waals surface area contributed by atoms with E-state index in [4.69, 9.17) is 0 Å². The number of aromatic nitrogens is 2. The van der Waals surface area contributed by atoms with E-state index in [0.717, 1.165) is 38.3 Å². The fraction of sp³-hybridized carbons (Fsp3) is 0.273. The maximum absolute atomic E-state index is 12.5. The third-order valence-electron chi connectivity index (χ3n) is 5.03. The summed E-state index contributed by atoms with van der Waals surface area (Å²) in [7, 11) is 0. The second-order valence-electron chi connectivity index (χ2n) is 6.99. The van der Waals surface area contributed by atoms with Gasteiger partial charge in [-0.15, -0.1) is 0 Å². The third kappa shape index (κ3) is 4.52. The second kappa shape index (κ2) is 8.61. The molecule has 1 aliphatic rings. The van der Waals surface area contributed by atoms with Crippen molar-refractivity contribution in [3.63, 3.8) is 0 Å². The van der Waals surface area contributed by atoms with E-state index in [2.05, 4.69) is 51.7 Å². The van der Waals surface area contributed by atoms with Gasteiger partial charge in [0.1, 0.15) is 0 Å². The Kier molecular flexibility index (Phi) is 5.56. The Morgan fingerprint density at radius 1 is 0.929 bits per heavy atom. The summed E-state index contributed by atoms with van der Waals surface area (Å²) in [6.45, 7) is 4.45. The van der Waals surface area contributed by atoms with Gasteiger partial charge in [-0.2, -0.15) is 5.10 Å². The van der Waals surface area contributed by atoms with Crippen LogP contribution in [0.25, 0.3) is 0 Å². The van der Waals surface area contributed by atoms with Gasteiger partial charge in [0.25, 0.3) is 0 Å². The molecule has 0 saturated carbocycles. The van der Waals surface area contributed by atoms with Crippen LogP contribution in [0.4, 0.5) is 10.5 Å². The van der Waals surface area contributed by atoms with Gasteiger partial charge in [0.2, 0.25) is 0 Å². The Balaban J connectivity index is 1.27. The number of nitrogens with one attached hydrogen (secondary N) is 1. The lowest BCUT2D eigenvalue weighted by Gasteiger charge is -2.36. The number of piperazine rings is 1. The summed E-state index contributed by atoms with van der Waals surface area (Å²) in [6.07, 6.45) is 3.73. The van der Waals surface area contributed by atoms with Crippen LogP contribution in [0.3, 0.4) is 0 Å². The first-order valence-corrected chi connectivity index (χ1v) is 9.66. The highest BCUT2D eigenvalue weighted by atomic mass is 16.2. The van der Waals surface area contributed by atoms with Crippen LogP contribution < -0.4 is 10.2 Å². The Morgan fingerprint density at radius 3 is 2.46 bits per heavy atom. The smallest absolute Gasteiger partial charge is 0.317 e. The Hall–Kier alpha value is -3.28. The summed E-state index contributed by atoms with van der Waals surface area (Å²) in [5, 5.41) is 7.30. The van der Waals surface area contributed by atoms with Crippen LogP contribution in [0.2, 0.25) is 0 Å². The fourth-order valence-electron chi connectivity index (χ4n) is 3.52. The van der Waals surface area contributed by atoms with Gasteiger partial charge < -0.3 is 15.1 Å². The van der Waals surface area contributed by atoms with Gasteiger partial charge >= 0.3 is 6.03 Å². The molecule has 1 saturated heterocycles. The molecule has 0 aliphatic carbocycles. The largest absolute Gasteiger partial charge is 0.368 e. The third-order valence-corrected chi connectivity index (χ3v) is 5.03. The molecule has 0 radical (unpaired) electrons. The molecule has 28 heavy (non-hydrogen) atoms. The molecule has 3 aromatic rings. The summed E-state index contributed by atoms with van der Waals surface area (Å²) in [5.74, 6) is 0. The lowest BCUT2D eigenvalue weighted by atomic mass is 10.1. The molecule has 6 nitrogen and oxygen atoms in total. The zero-order chi connectivity index (χ0) is 19.2. The van der Waals surface area contributed by atoms with Gasteiger partial charge in [-0.1, -0.05) is 42.5 Å². The van der Waals surface area contributed by atoms with Crippen molar-refractivity contribution >= 4 is 11.7 Å². The van der Waals surface area contributed by atoms with Crippen LogP contribution in [-0.4, -0.2) is 46.9 Å². The fourth-order valence-corrected chi connectivity index (χ4v) is 3.52. The van der Waals surface area contributed by atoms with E-state index in [9.17, 15) is 4.79 Å². The highest BCUT2D eigenvalue weighted by Gasteiger charge is 2.20. The van der Waals surface area contributed by atoms with Crippen molar-refractivity contribution in [1.29, 1.82) is 0 Å². The first kappa shape index (κ1) is 18.1. The van der Waals surface area contributed by atoms with Gasteiger partial charge in [-0.25, -0.2) is 4.79 Å². The average Bonchev–Trinajstić information content (AvgIpc) is 3.26. The Labute approximate surface area is 165 Å². The minimum Gasteiger partial charge on any atom is -0.368 e. The SMILES string of the molecule is O=C(NCc1cccc(Cn2cccn2)c1)N1CCN(c2ccccc2)CC1. The number of amides is 2. The number of urea groups is 1. The number of anilines is 1. The molecule has 1 fully saturated rings. The van der Waals surface area contributed by atoms with E-state index in [-0.39, 0.29) is 6.03 Å². The lowest BCUT2D eigenvalue weighted by Crippen LogP contribution is -2.51. The van der Waals surface area contributed by atoms with Crippen LogP contribution in [0.1, 0.15) is 11.1 Å². The van der Waals surface area contributed by atoms with Crippen LogP contribution in [0.15, 0.2) is 73.1 Å². The summed E-state index contributed by atoms with van der Waals surface area (Å²) >= 11 is 0. The predicted octanol–water partition coefficient (Wildman–Crippen LogP) is 2.96. The average molecular weight is 375 g/mol. The van der Waals surface area contributed by atoms with Crippen molar-refractivity contribution in [2.24, 2.45) is 0 Å². The van der Waals surface area contributed by atoms with Gasteiger partial charge in [0.15, 0.2) is 0 Å². The molecule has 4 rings (SSSR count). The molecule has 1 aliphatic heterocycles. The second-order valence-corrected chi connectivity index (χ2v) is 6.99. The van der Waals surface area contributed by atoms with Crippen LogP contribution in [-0.2, 0) is 13.1 Å². The molecular weight excluding hydrogens is 350 g/mol. The lowest BCUT2D eigenvalue weighted by molar-refractivity contribution is 0.194. The van der Waals surface area contributed by atoms with E-state index in [0.29, 0.717) is 6.54 Å². The molecule has 144 valence electrons. The van der Waals surface area contributed by atoms with E-state index < -0.39 is 0 Å². The number of hydrogen-bond acceptors (Lipinski definition) is 3. The van der Waals surface area contributed by atoms with Gasteiger partial charge in [0.05, 0.1) is 6.54 Å². The van der Waals surface area contributed by atoms with Gasteiger partial charge in [-0.3, -0.25) is 4.68 Å². The minimum atomic E-state index is 0.00481. The molecule has 1 aromatic heterocycles. The van der Waals surface area contributed by atoms with E-state index in [1.54, 1.807) is 6.20 Å². The van der Waals surface area contributed by atoms with Crippen molar-refractivity contribution in [2.45, 2.75) is 13.1 Å². The number of rotatable bonds is 5. The highest BCUT2D eigenvalue weighted by Crippen LogP contribution is 2.15. The molecule has 2 amide bonds. The summed E-state index contributed by atoms with van der Waals surface area (Å²) in [4.78, 5) is 16.8. The standard InChI is InChI=1S/C22H25N5O/c28-22(26-14-12-25(13-15-26)21-8-2-1-3-9-21)23-17-19-6-4-7-20(16-19)18-27-11-5-10-24-27/h1-11,16H,12-15,17-18H2,(H,23,28). The van der Waals surface area contributed by atoms with Crippen molar-refractivity contribution in [2.75, 3.05) is 31.1 Å². The normalized spacial score (nSPS) is 14.1. The maximum atomic E-state index is 12.5. The van der Waals surface area contributed by atoms with Crippen molar-refractivity contribution in [3.8, 4) is 0 Å². The predicted molar refractivity (Wildman–Crippen MR) is 110 cm³/mol. The number of para-hydroxylation sites is 1. The molecule has 0 unspecified atom stereocenters. The first-order valence-electron chi connectivity index (χ1n) is 9.66. The van der Waals surface area contributed by atoms with Crippen molar-refractivity contribution in [3.05, 3.63) is 84.2 Å². The van der Waals surface area contributed by atoms with E-state index in [1.165, 1.54) is 11.3 Å². The van der Waals surface area contributed by atoms with E-state index in [1.807, 2.05) is 40.0 Å². The molecule has 0 atom stereocenters. The first-order chi connectivity index (χ1) is 13.8. The summed E-state index contributed by atoms with van der Waals surface area (Å²) in [5.41, 5.74) is 3.49. The maximum Gasteiger partial charge on any atom is 0.317 e. The van der Waals surface area contributed by atoms with Crippen LogP contribution >= 0.6 is 0 Å². The Morgan fingerprint density at radius 2 is 1.71 bits per heavy atom. The molecule has 2 aromatic carbocycles. The molecule has 2 heterocycles. The molecule has 0 spiro atoms. The molecular formula is C22H25N5O. The number of nitrogens with zero attached hydrogens (tertiary/aromatic N) is 4. The van der Waals surface area contributed by atoms with Crippen molar-refractivity contribution in [1.82, 2.24) is 20.0 Å². The zero-order valence-corrected chi connectivity index (χ0v) is 15.9. The molecule has 6 heteroatoms. The number of hydrogen-bond donors (Lipinski definition) is 1. The molecule has 1 N–H and O–H groups in total. The van der Waals surface area contributed by atoms with Crippen LogP contribution in [0.5, 0.6) is 0 Å². The topological polar surface area (TPSA) is 53.4 Å². The highest BCUT2D eigenvalue weighted by molar-refractivity contribution is 5.74. The van der Waals surface area contributed by atoms with Gasteiger partial charge in [0, 0.05) is 50.8 Å². The van der Waals surface area contributed by atoms with E-state index >= 15 is 0 Å². The number of carbonyl (C=O) groups is 1. The monoisotopic (exact) mass is 375 g/mol. The molecule has 0 bridgehead atoms. The van der Waals surface area contributed by atoms with Crippen molar-refractivity contribution < 1.29 is 4.79 Å². The zero-order valence-electron chi connectivity index (χ0n) is 15.9. The number of benzene rings is 2.